The summed E-state index contributed by atoms with van der Waals surface area (Å²) in [5.74, 6) is 2.46. The van der Waals surface area contributed by atoms with Crippen LogP contribution >= 0.6 is 0 Å². The van der Waals surface area contributed by atoms with Gasteiger partial charge in [-0.2, -0.15) is 11.2 Å². The molecule has 7 rings (SSSR count). The minimum atomic E-state index is 0. The number of nitrogens with zero attached hydrogens (tertiary/aromatic N) is 4. The quantitative estimate of drug-likeness (QED) is 0.0916. The Morgan fingerprint density at radius 2 is 1.50 bits per heavy atom. The van der Waals surface area contributed by atoms with Gasteiger partial charge in [-0.25, -0.2) is 4.98 Å². The Morgan fingerprint density at radius 1 is 0.731 bits per heavy atom. The maximum atomic E-state index is 6.70. The Kier molecular flexibility index (Phi) is 11.5. The van der Waals surface area contributed by atoms with Gasteiger partial charge in [-0.1, -0.05) is 96.8 Å². The summed E-state index contributed by atoms with van der Waals surface area (Å²) in [6.45, 7) is 15.6. The number of hydrogen-bond acceptors (Lipinski definition) is 3. The van der Waals surface area contributed by atoms with Crippen LogP contribution in [0.25, 0.3) is 44.4 Å². The van der Waals surface area contributed by atoms with Crippen LogP contribution in [0.4, 0.5) is 0 Å². The van der Waals surface area contributed by atoms with Crippen molar-refractivity contribution in [1.29, 1.82) is 0 Å². The summed E-state index contributed by atoms with van der Waals surface area (Å²) in [6, 6.07) is 35.3. The Balaban J connectivity index is 0.00000464. The predicted octanol–water partition coefficient (Wildman–Crippen LogP) is 11.7. The molecule has 3 heterocycles. The number of benzene rings is 4. The van der Waals surface area contributed by atoms with E-state index in [0.717, 1.165) is 77.5 Å². The Bertz CT molecular complexity index is 2330. The molecule has 52 heavy (non-hydrogen) atoms. The van der Waals surface area contributed by atoms with E-state index >= 15 is 0 Å². The van der Waals surface area contributed by atoms with Crippen molar-refractivity contribution in [2.24, 2.45) is 0 Å². The zero-order valence-electron chi connectivity index (χ0n) is 31.4. The number of fused-ring (bicyclic) bond motifs is 3. The summed E-state index contributed by atoms with van der Waals surface area (Å²) in [7, 11) is 0. The summed E-state index contributed by atoms with van der Waals surface area (Å²) >= 11 is 0. The van der Waals surface area contributed by atoms with Gasteiger partial charge in [-0.3, -0.25) is 4.68 Å². The molecule has 5 nitrogen and oxygen atoms in total. The second-order valence-electron chi connectivity index (χ2n) is 13.7. The summed E-state index contributed by atoms with van der Waals surface area (Å²) in [5.41, 5.74) is 13.1. The zero-order chi connectivity index (χ0) is 35.6. The first kappa shape index (κ1) is 37.3. The van der Waals surface area contributed by atoms with Crippen LogP contribution in [0.15, 0.2) is 85.1 Å². The minimum absolute atomic E-state index is 0. The molecule has 0 atom stereocenters. The van der Waals surface area contributed by atoms with Crippen molar-refractivity contribution in [3.8, 4) is 34.1 Å². The van der Waals surface area contributed by atoms with Crippen LogP contribution < -0.4 is 4.74 Å². The molecule has 0 spiro atoms. The molecule has 7 aromatic rings. The second-order valence-corrected chi connectivity index (χ2v) is 13.7. The second kappa shape index (κ2) is 16.0. The topological polar surface area (TPSA) is 44.9 Å². The van der Waals surface area contributed by atoms with Gasteiger partial charge in [0.15, 0.2) is 0 Å². The summed E-state index contributed by atoms with van der Waals surface area (Å²) < 4.78 is 11.0. The van der Waals surface area contributed by atoms with Crippen LogP contribution in [-0.4, -0.2) is 19.3 Å². The first-order chi connectivity index (χ1) is 24.9. The van der Waals surface area contributed by atoms with Crippen LogP contribution in [0.1, 0.15) is 94.4 Å². The molecule has 3 aromatic heterocycles. The van der Waals surface area contributed by atoms with Crippen LogP contribution in [-0.2, 0) is 52.5 Å². The maximum absolute atomic E-state index is 6.70. The van der Waals surface area contributed by atoms with Crippen LogP contribution in [0.3, 0.4) is 0 Å². The van der Waals surface area contributed by atoms with Gasteiger partial charge in [0.25, 0.3) is 0 Å². The van der Waals surface area contributed by atoms with Gasteiger partial charge < -0.3 is 9.30 Å². The molecule has 0 fully saturated rings. The molecule has 0 N–H and O–H groups in total. The van der Waals surface area contributed by atoms with Crippen molar-refractivity contribution in [3.63, 3.8) is 0 Å². The van der Waals surface area contributed by atoms with E-state index in [0.29, 0.717) is 11.5 Å². The van der Waals surface area contributed by atoms with Gasteiger partial charge in [0.2, 0.25) is 0 Å². The van der Waals surface area contributed by atoms with E-state index < -0.39 is 0 Å². The van der Waals surface area contributed by atoms with Crippen LogP contribution in [0.2, 0.25) is 0 Å². The molecule has 0 saturated carbocycles. The van der Waals surface area contributed by atoms with Gasteiger partial charge in [-0.15, -0.1) is 41.3 Å². The van der Waals surface area contributed by atoms with Gasteiger partial charge in [0.1, 0.15) is 5.82 Å². The van der Waals surface area contributed by atoms with Gasteiger partial charge >= 0.3 is 20.4 Å². The Hall–Kier alpha value is -4.50. The molecule has 0 aliphatic rings. The van der Waals surface area contributed by atoms with E-state index in [9.17, 15) is 0 Å². The van der Waals surface area contributed by atoms with E-state index in [1.54, 1.807) is 0 Å². The molecule has 268 valence electrons. The standard InChI is InChI=1S/C46H48N4O.Pd/c1-8-16-31-23-24-47-44(25-31)49-42-20-14-13-19-38(42)39-22-21-36(29-43(39)49)51-37-27-34(30(6)7)26-35(28-37)50-41(12-5)46(40(11-4)48-50)45-32(9-2)17-15-18-33(45)10-3;/h13-15,17-27,30H,8-12,16H2,1-7H3;/q-2;+2. The average molecular weight is 779 g/mol. The fourth-order valence-electron chi connectivity index (χ4n) is 7.50. The van der Waals surface area contributed by atoms with Gasteiger partial charge in [0, 0.05) is 34.5 Å². The van der Waals surface area contributed by atoms with Gasteiger partial charge in [0.05, 0.1) is 5.69 Å². The van der Waals surface area contributed by atoms with Crippen molar-refractivity contribution >= 4 is 21.8 Å². The van der Waals surface area contributed by atoms with E-state index in [-0.39, 0.29) is 26.3 Å². The summed E-state index contributed by atoms with van der Waals surface area (Å²) in [4.78, 5) is 4.82. The predicted molar refractivity (Wildman–Crippen MR) is 211 cm³/mol. The molecule has 0 saturated heterocycles. The van der Waals surface area contributed by atoms with Crippen molar-refractivity contribution in [1.82, 2.24) is 19.3 Å². The number of pyridine rings is 1. The Labute approximate surface area is 322 Å². The van der Waals surface area contributed by atoms with Crippen molar-refractivity contribution in [2.45, 2.75) is 92.9 Å². The van der Waals surface area contributed by atoms with E-state index in [1.165, 1.54) is 39.1 Å². The monoisotopic (exact) mass is 778 g/mol. The summed E-state index contributed by atoms with van der Waals surface area (Å²) in [6.07, 6.45) is 7.66. The zero-order valence-corrected chi connectivity index (χ0v) is 33.0. The molecule has 6 heteroatoms. The third-order valence-electron chi connectivity index (χ3n) is 10.1. The molecule has 0 bridgehead atoms. The molecule has 0 aliphatic carbocycles. The number of rotatable bonds is 12. The molecule has 0 radical (unpaired) electrons. The number of aromatic nitrogens is 4. The summed E-state index contributed by atoms with van der Waals surface area (Å²) in [5, 5.41) is 7.57. The third kappa shape index (κ3) is 6.87. The number of para-hydroxylation sites is 1. The largest absolute Gasteiger partial charge is 2.00 e. The van der Waals surface area contributed by atoms with Crippen molar-refractivity contribution in [3.05, 3.63) is 131 Å². The normalized spacial score (nSPS) is 11.5. The van der Waals surface area contributed by atoms with E-state index in [4.69, 9.17) is 14.8 Å². The molecule has 0 amide bonds. The SMILES string of the molecule is CCCc1ccnc(-n2c3[c-]c(Oc4[c-]c(-n5nc(CC)c(-c6c(CC)cccc6CC)c5CC)cc(C(C)C)c4)ccc3c3ccccc32)c1.[Pd+2]. The Morgan fingerprint density at radius 3 is 2.19 bits per heavy atom. The molecular weight excluding hydrogens is 731 g/mol. The molecular formula is C46H48N4OPd. The first-order valence-corrected chi connectivity index (χ1v) is 18.8. The van der Waals surface area contributed by atoms with E-state index in [2.05, 4.69) is 143 Å². The number of ether oxygens (including phenoxy) is 1. The maximum Gasteiger partial charge on any atom is 2.00 e. The molecule has 4 aromatic carbocycles. The van der Waals surface area contributed by atoms with Crippen molar-refractivity contribution < 1.29 is 25.2 Å². The van der Waals surface area contributed by atoms with Crippen LogP contribution in [0, 0.1) is 12.1 Å². The number of hydrogen-bond donors (Lipinski definition) is 0. The third-order valence-corrected chi connectivity index (χ3v) is 10.1. The van der Waals surface area contributed by atoms with Crippen molar-refractivity contribution in [2.75, 3.05) is 0 Å². The average Bonchev–Trinajstić information content (AvgIpc) is 3.69. The number of aryl methyl sites for hydroxylation is 4. The fourth-order valence-corrected chi connectivity index (χ4v) is 7.50. The van der Waals surface area contributed by atoms with E-state index in [1.807, 2.05) is 12.3 Å². The molecule has 0 aliphatic heterocycles. The fraction of sp³-hybridized carbons (Fsp3) is 0.304. The van der Waals surface area contributed by atoms with Gasteiger partial charge in [-0.05, 0) is 89.5 Å². The van der Waals surface area contributed by atoms with Crippen LogP contribution in [0.5, 0.6) is 11.5 Å². The smallest absolute Gasteiger partial charge is 0.509 e. The first-order valence-electron chi connectivity index (χ1n) is 18.8. The minimum Gasteiger partial charge on any atom is -0.509 e. The molecule has 0 unspecified atom stereocenters.